The molecule has 0 atom stereocenters. The minimum atomic E-state index is 0.160. The van der Waals surface area contributed by atoms with Gasteiger partial charge in [-0.25, -0.2) is 9.97 Å². The van der Waals surface area contributed by atoms with Crippen molar-refractivity contribution in [2.75, 3.05) is 38.2 Å². The van der Waals surface area contributed by atoms with Gasteiger partial charge in [-0.2, -0.15) is 0 Å². The molecule has 7 nitrogen and oxygen atoms in total. The number of para-hydroxylation sites is 1. The predicted molar refractivity (Wildman–Crippen MR) is 144 cm³/mol. The summed E-state index contributed by atoms with van der Waals surface area (Å²) in [5.41, 5.74) is 4.41. The maximum Gasteiger partial charge on any atom is 0.227 e. The molecule has 0 saturated carbocycles. The lowest BCUT2D eigenvalue weighted by Crippen LogP contribution is -2.49. The van der Waals surface area contributed by atoms with Crippen molar-refractivity contribution in [3.8, 4) is 11.1 Å². The molecule has 0 unspecified atom stereocenters. The summed E-state index contributed by atoms with van der Waals surface area (Å²) in [5, 5.41) is 4.35. The topological polar surface area (TPSA) is 74.3 Å². The third-order valence-electron chi connectivity index (χ3n) is 6.77. The summed E-state index contributed by atoms with van der Waals surface area (Å²) < 4.78 is 5.35. The molecule has 0 bridgehead atoms. The van der Waals surface area contributed by atoms with E-state index in [9.17, 15) is 4.79 Å². The molecule has 1 aliphatic rings. The zero-order valence-electron chi connectivity index (χ0n) is 20.1. The number of anilines is 1. The molecular weight excluding hydrogens is 470 g/mol. The van der Waals surface area contributed by atoms with Crippen LogP contribution in [-0.4, -0.2) is 59.0 Å². The van der Waals surface area contributed by atoms with E-state index in [4.69, 9.17) is 14.7 Å². The average Bonchev–Trinajstić information content (AvgIpc) is 3.53. The van der Waals surface area contributed by atoms with E-state index in [0.29, 0.717) is 31.9 Å². The summed E-state index contributed by atoms with van der Waals surface area (Å²) in [6, 6.07) is 18.5. The molecule has 36 heavy (non-hydrogen) atoms. The first kappa shape index (κ1) is 22.7. The van der Waals surface area contributed by atoms with E-state index in [-0.39, 0.29) is 5.91 Å². The van der Waals surface area contributed by atoms with E-state index in [1.54, 1.807) is 18.4 Å². The van der Waals surface area contributed by atoms with E-state index in [1.807, 2.05) is 35.4 Å². The Kier molecular flexibility index (Phi) is 6.13. The maximum absolute atomic E-state index is 13.2. The fraction of sp³-hybridized carbons (Fsp3) is 0.250. The van der Waals surface area contributed by atoms with Gasteiger partial charge in [0.05, 0.1) is 11.8 Å². The first-order valence-electron chi connectivity index (χ1n) is 12.1. The van der Waals surface area contributed by atoms with Crippen LogP contribution < -0.4 is 4.90 Å². The number of thiophene rings is 1. The highest BCUT2D eigenvalue weighted by Crippen LogP contribution is 2.38. The van der Waals surface area contributed by atoms with Crippen LogP contribution >= 0.6 is 11.3 Å². The first-order valence-corrected chi connectivity index (χ1v) is 13.0. The average molecular weight is 498 g/mol. The standard InChI is InChI=1S/C28H27N5O2S/c1-35-17-24-30-27(26-22(18-36-28(26)31-24)19-7-3-2-4-8-19)33-13-11-32(12-14-33)25(34)15-20-16-29-23-10-6-5-9-21(20)23/h2-10,16,18,29H,11-15,17H2,1H3. The van der Waals surface area contributed by atoms with Crippen LogP contribution in [0.5, 0.6) is 0 Å². The Hall–Kier alpha value is -3.75. The van der Waals surface area contributed by atoms with Gasteiger partial charge in [-0.05, 0) is 17.2 Å². The summed E-state index contributed by atoms with van der Waals surface area (Å²) >= 11 is 1.63. The highest BCUT2D eigenvalue weighted by molar-refractivity contribution is 7.17. The number of ether oxygens (including phenoxy) is 1. The Balaban J connectivity index is 1.25. The van der Waals surface area contributed by atoms with Crippen molar-refractivity contribution in [1.82, 2.24) is 19.9 Å². The van der Waals surface area contributed by atoms with Gasteiger partial charge in [0.1, 0.15) is 17.3 Å². The molecule has 1 aliphatic heterocycles. The van der Waals surface area contributed by atoms with Crippen molar-refractivity contribution < 1.29 is 9.53 Å². The van der Waals surface area contributed by atoms with Crippen molar-refractivity contribution >= 4 is 44.2 Å². The number of nitrogens with one attached hydrogen (secondary N) is 1. The Morgan fingerprint density at radius 1 is 1.03 bits per heavy atom. The maximum atomic E-state index is 13.2. The van der Waals surface area contributed by atoms with Crippen molar-refractivity contribution in [3.05, 3.63) is 77.6 Å². The lowest BCUT2D eigenvalue weighted by Gasteiger charge is -2.36. The van der Waals surface area contributed by atoms with Gasteiger partial charge in [-0.1, -0.05) is 48.5 Å². The molecule has 182 valence electrons. The van der Waals surface area contributed by atoms with Gasteiger partial charge in [0.2, 0.25) is 5.91 Å². The SMILES string of the molecule is COCc1nc(N2CCN(C(=O)Cc3c[nH]c4ccccc34)CC2)c2c(-c3ccccc3)csc2n1. The van der Waals surface area contributed by atoms with E-state index in [1.165, 1.54) is 0 Å². The number of rotatable bonds is 6. The number of carbonyl (C=O) groups excluding carboxylic acids is 1. The fourth-order valence-corrected chi connectivity index (χ4v) is 5.90. The molecule has 1 N–H and O–H groups in total. The third-order valence-corrected chi connectivity index (χ3v) is 7.64. The second kappa shape index (κ2) is 9.72. The zero-order chi connectivity index (χ0) is 24.5. The molecule has 5 aromatic rings. The minimum Gasteiger partial charge on any atom is -0.377 e. The van der Waals surface area contributed by atoms with Crippen molar-refractivity contribution in [2.24, 2.45) is 0 Å². The second-order valence-corrected chi connectivity index (χ2v) is 9.85. The summed E-state index contributed by atoms with van der Waals surface area (Å²) in [5.74, 6) is 1.77. The highest BCUT2D eigenvalue weighted by Gasteiger charge is 2.26. The largest absolute Gasteiger partial charge is 0.377 e. The van der Waals surface area contributed by atoms with Crippen LogP contribution in [0.2, 0.25) is 0 Å². The molecule has 4 heterocycles. The van der Waals surface area contributed by atoms with Gasteiger partial charge in [-0.15, -0.1) is 11.3 Å². The second-order valence-electron chi connectivity index (χ2n) is 9.00. The number of hydrogen-bond acceptors (Lipinski definition) is 6. The number of H-pyrrole nitrogens is 1. The number of methoxy groups -OCH3 is 1. The van der Waals surface area contributed by atoms with E-state index < -0.39 is 0 Å². The van der Waals surface area contributed by atoms with Gasteiger partial charge in [0.15, 0.2) is 5.82 Å². The Morgan fingerprint density at radius 3 is 2.61 bits per heavy atom. The number of aromatic nitrogens is 3. The number of piperazine rings is 1. The fourth-order valence-electron chi connectivity index (χ4n) is 4.94. The number of hydrogen-bond donors (Lipinski definition) is 1. The lowest BCUT2D eigenvalue weighted by molar-refractivity contribution is -0.130. The zero-order valence-corrected chi connectivity index (χ0v) is 20.9. The molecule has 3 aromatic heterocycles. The summed E-state index contributed by atoms with van der Waals surface area (Å²) in [6.45, 7) is 3.14. The van der Waals surface area contributed by atoms with Gasteiger partial charge in [-0.3, -0.25) is 4.79 Å². The molecule has 0 spiro atoms. The van der Waals surface area contributed by atoms with E-state index in [0.717, 1.165) is 56.7 Å². The van der Waals surface area contributed by atoms with Crippen LogP contribution in [0.4, 0.5) is 5.82 Å². The Labute approximate surface area is 213 Å². The molecule has 8 heteroatoms. The van der Waals surface area contributed by atoms with Crippen LogP contribution in [0.3, 0.4) is 0 Å². The molecule has 1 amide bonds. The van der Waals surface area contributed by atoms with Crippen molar-refractivity contribution in [2.45, 2.75) is 13.0 Å². The lowest BCUT2D eigenvalue weighted by atomic mass is 10.1. The van der Waals surface area contributed by atoms with Crippen molar-refractivity contribution in [1.29, 1.82) is 0 Å². The monoisotopic (exact) mass is 497 g/mol. The van der Waals surface area contributed by atoms with Crippen LogP contribution in [-0.2, 0) is 22.6 Å². The molecule has 0 radical (unpaired) electrons. The molecule has 0 aliphatic carbocycles. The number of amides is 1. The normalized spacial score (nSPS) is 14.1. The smallest absolute Gasteiger partial charge is 0.227 e. The van der Waals surface area contributed by atoms with Gasteiger partial charge in [0.25, 0.3) is 0 Å². The number of carbonyl (C=O) groups is 1. The van der Waals surface area contributed by atoms with Gasteiger partial charge >= 0.3 is 0 Å². The first-order chi connectivity index (χ1) is 17.7. The third kappa shape index (κ3) is 4.23. The number of benzene rings is 2. The van der Waals surface area contributed by atoms with E-state index >= 15 is 0 Å². The molecule has 1 saturated heterocycles. The van der Waals surface area contributed by atoms with Crippen LogP contribution in [0.1, 0.15) is 11.4 Å². The molecule has 1 fully saturated rings. The molecule has 2 aromatic carbocycles. The summed E-state index contributed by atoms with van der Waals surface area (Å²) in [7, 11) is 1.66. The Bertz CT molecular complexity index is 1520. The molecular formula is C28H27N5O2S. The van der Waals surface area contributed by atoms with Crippen LogP contribution in [0.25, 0.3) is 32.2 Å². The summed E-state index contributed by atoms with van der Waals surface area (Å²) in [4.78, 5) is 31.3. The number of fused-ring (bicyclic) bond motifs is 2. The quantitative estimate of drug-likeness (QED) is 0.362. The van der Waals surface area contributed by atoms with Gasteiger partial charge < -0.3 is 19.5 Å². The van der Waals surface area contributed by atoms with Crippen molar-refractivity contribution in [3.63, 3.8) is 0 Å². The summed E-state index contributed by atoms with van der Waals surface area (Å²) in [6.07, 6.45) is 2.36. The predicted octanol–water partition coefficient (Wildman–Crippen LogP) is 4.88. The Morgan fingerprint density at radius 2 is 1.81 bits per heavy atom. The minimum absolute atomic E-state index is 0.160. The molecule has 6 rings (SSSR count). The van der Waals surface area contributed by atoms with Gasteiger partial charge in [0, 0.05) is 61.3 Å². The van der Waals surface area contributed by atoms with Crippen LogP contribution in [0.15, 0.2) is 66.2 Å². The van der Waals surface area contributed by atoms with Crippen LogP contribution in [0, 0.1) is 0 Å². The van der Waals surface area contributed by atoms with E-state index in [2.05, 4.69) is 45.6 Å². The number of aromatic amines is 1. The number of nitrogens with zero attached hydrogens (tertiary/aromatic N) is 4. The highest BCUT2D eigenvalue weighted by atomic mass is 32.1.